The van der Waals surface area contributed by atoms with Crippen molar-refractivity contribution < 1.29 is 0 Å². The second kappa shape index (κ2) is 5.59. The van der Waals surface area contributed by atoms with Crippen LogP contribution in [0.1, 0.15) is 18.5 Å². The molecule has 0 aliphatic carbocycles. The molecule has 1 fully saturated rings. The van der Waals surface area contributed by atoms with Crippen LogP contribution in [-0.2, 0) is 6.42 Å². The number of aromatic nitrogens is 2. The van der Waals surface area contributed by atoms with Crippen LogP contribution in [0.3, 0.4) is 0 Å². The van der Waals surface area contributed by atoms with Crippen LogP contribution in [0.15, 0.2) is 29.9 Å². The number of hydrogen-bond acceptors (Lipinski definition) is 4. The summed E-state index contributed by atoms with van der Waals surface area (Å²) in [6.45, 7) is 2.32. The highest BCUT2D eigenvalue weighted by Crippen LogP contribution is 2.25. The summed E-state index contributed by atoms with van der Waals surface area (Å²) in [6, 6.07) is 4.04. The summed E-state index contributed by atoms with van der Waals surface area (Å²) in [5, 5.41) is 6.77. The summed E-state index contributed by atoms with van der Waals surface area (Å²) in [7, 11) is 0. The maximum Gasteiger partial charge on any atom is 0.123 e. The number of nitrogens with zero attached hydrogens (tertiary/aromatic N) is 2. The van der Waals surface area contributed by atoms with Gasteiger partial charge in [0.2, 0.25) is 0 Å². The van der Waals surface area contributed by atoms with Gasteiger partial charge in [-0.25, -0.2) is 4.98 Å². The van der Waals surface area contributed by atoms with Crippen LogP contribution >= 0.6 is 11.3 Å². The molecule has 1 N–H and O–H groups in total. The Morgan fingerprint density at radius 3 is 3.00 bits per heavy atom. The molecule has 0 radical (unpaired) electrons. The van der Waals surface area contributed by atoms with Gasteiger partial charge in [-0.05, 0) is 50.4 Å². The highest BCUT2D eigenvalue weighted by Gasteiger charge is 2.15. The first-order valence-electron chi connectivity index (χ1n) is 6.47. The normalized spacial score (nSPS) is 19.9. The zero-order valence-corrected chi connectivity index (χ0v) is 11.1. The van der Waals surface area contributed by atoms with E-state index in [1.165, 1.54) is 30.6 Å². The van der Waals surface area contributed by atoms with Gasteiger partial charge in [0.1, 0.15) is 5.01 Å². The van der Waals surface area contributed by atoms with E-state index in [9.17, 15) is 0 Å². The highest BCUT2D eigenvalue weighted by molar-refractivity contribution is 7.13. The monoisotopic (exact) mass is 259 g/mol. The summed E-state index contributed by atoms with van der Waals surface area (Å²) in [5.74, 6) is 0.756. The SMILES string of the molecule is c1cc(-c2nc(CC3CCCNC3)cs2)ccn1. The van der Waals surface area contributed by atoms with Gasteiger partial charge in [0.05, 0.1) is 5.69 Å². The quantitative estimate of drug-likeness (QED) is 0.921. The van der Waals surface area contributed by atoms with E-state index in [2.05, 4.69) is 15.7 Å². The standard InChI is InChI=1S/C14H17N3S/c1-2-11(9-16-5-1)8-13-10-18-14(17-13)12-3-6-15-7-4-12/h3-4,6-7,10-11,16H,1-2,5,8-9H2. The lowest BCUT2D eigenvalue weighted by Gasteiger charge is -2.21. The zero-order chi connectivity index (χ0) is 12.2. The Bertz CT molecular complexity index is 489. The first-order valence-corrected chi connectivity index (χ1v) is 7.35. The minimum atomic E-state index is 0.756. The van der Waals surface area contributed by atoms with Gasteiger partial charge in [-0.15, -0.1) is 11.3 Å². The summed E-state index contributed by atoms with van der Waals surface area (Å²) in [5.41, 5.74) is 2.41. The van der Waals surface area contributed by atoms with Gasteiger partial charge in [-0.2, -0.15) is 0 Å². The molecule has 0 bridgehead atoms. The number of nitrogens with one attached hydrogen (secondary N) is 1. The van der Waals surface area contributed by atoms with Crippen LogP contribution in [0, 0.1) is 5.92 Å². The molecule has 0 spiro atoms. The molecule has 1 saturated heterocycles. The minimum absolute atomic E-state index is 0.756. The van der Waals surface area contributed by atoms with Crippen LogP contribution in [0.25, 0.3) is 10.6 Å². The number of pyridine rings is 1. The molecule has 0 saturated carbocycles. The molecular formula is C14H17N3S. The fraction of sp³-hybridized carbons (Fsp3) is 0.429. The van der Waals surface area contributed by atoms with E-state index in [1.807, 2.05) is 24.5 Å². The Morgan fingerprint density at radius 1 is 1.33 bits per heavy atom. The maximum absolute atomic E-state index is 4.74. The second-order valence-electron chi connectivity index (χ2n) is 4.80. The van der Waals surface area contributed by atoms with Crippen LogP contribution in [0.5, 0.6) is 0 Å². The molecule has 3 nitrogen and oxygen atoms in total. The van der Waals surface area contributed by atoms with Crippen LogP contribution in [0.2, 0.25) is 0 Å². The molecule has 0 amide bonds. The molecule has 94 valence electrons. The van der Waals surface area contributed by atoms with Gasteiger partial charge in [0, 0.05) is 23.3 Å². The van der Waals surface area contributed by atoms with Crippen molar-refractivity contribution in [2.75, 3.05) is 13.1 Å². The molecule has 1 aliphatic rings. The van der Waals surface area contributed by atoms with Gasteiger partial charge >= 0.3 is 0 Å². The first-order chi connectivity index (χ1) is 8.92. The van der Waals surface area contributed by atoms with Crippen molar-refractivity contribution in [1.82, 2.24) is 15.3 Å². The lowest BCUT2D eigenvalue weighted by molar-refractivity contribution is 0.374. The average Bonchev–Trinajstić information content (AvgIpc) is 2.89. The van der Waals surface area contributed by atoms with Crippen LogP contribution in [0.4, 0.5) is 0 Å². The van der Waals surface area contributed by atoms with Gasteiger partial charge in [0.25, 0.3) is 0 Å². The third kappa shape index (κ3) is 2.76. The summed E-state index contributed by atoms with van der Waals surface area (Å²) >= 11 is 1.73. The predicted molar refractivity (Wildman–Crippen MR) is 74.6 cm³/mol. The molecule has 0 aromatic carbocycles. The van der Waals surface area contributed by atoms with Crippen molar-refractivity contribution in [3.05, 3.63) is 35.6 Å². The fourth-order valence-corrected chi connectivity index (χ4v) is 3.26. The van der Waals surface area contributed by atoms with Crippen molar-refractivity contribution in [2.24, 2.45) is 5.92 Å². The molecule has 18 heavy (non-hydrogen) atoms. The average molecular weight is 259 g/mol. The topological polar surface area (TPSA) is 37.8 Å². The van der Waals surface area contributed by atoms with Crippen molar-refractivity contribution in [3.8, 4) is 10.6 Å². The molecule has 1 unspecified atom stereocenters. The number of piperidine rings is 1. The summed E-state index contributed by atoms with van der Waals surface area (Å²) in [4.78, 5) is 8.78. The maximum atomic E-state index is 4.74. The Labute approximate surface area is 111 Å². The molecule has 3 rings (SSSR count). The van der Waals surface area contributed by atoms with Crippen molar-refractivity contribution in [2.45, 2.75) is 19.3 Å². The third-order valence-electron chi connectivity index (χ3n) is 3.38. The van der Waals surface area contributed by atoms with Gasteiger partial charge in [0.15, 0.2) is 0 Å². The summed E-state index contributed by atoms with van der Waals surface area (Å²) in [6.07, 6.45) is 7.37. The van der Waals surface area contributed by atoms with E-state index in [-0.39, 0.29) is 0 Å². The van der Waals surface area contributed by atoms with Gasteiger partial charge in [-0.1, -0.05) is 0 Å². The first kappa shape index (κ1) is 11.8. The third-order valence-corrected chi connectivity index (χ3v) is 4.32. The molecule has 2 aromatic rings. The highest BCUT2D eigenvalue weighted by atomic mass is 32.1. The smallest absolute Gasteiger partial charge is 0.123 e. The van der Waals surface area contributed by atoms with E-state index in [0.717, 1.165) is 23.9 Å². The van der Waals surface area contributed by atoms with Gasteiger partial charge < -0.3 is 5.32 Å². The molecule has 2 aromatic heterocycles. The van der Waals surface area contributed by atoms with E-state index in [1.54, 1.807) is 11.3 Å². The number of rotatable bonds is 3. The molecule has 4 heteroatoms. The zero-order valence-electron chi connectivity index (χ0n) is 10.3. The van der Waals surface area contributed by atoms with E-state index in [4.69, 9.17) is 4.98 Å². The van der Waals surface area contributed by atoms with Crippen molar-refractivity contribution in [3.63, 3.8) is 0 Å². The Morgan fingerprint density at radius 2 is 2.22 bits per heavy atom. The van der Waals surface area contributed by atoms with E-state index < -0.39 is 0 Å². The predicted octanol–water partition coefficient (Wildman–Crippen LogP) is 2.75. The second-order valence-corrected chi connectivity index (χ2v) is 5.65. The Hall–Kier alpha value is -1.26. The Balaban J connectivity index is 1.69. The van der Waals surface area contributed by atoms with Gasteiger partial charge in [-0.3, -0.25) is 4.98 Å². The fourth-order valence-electron chi connectivity index (χ4n) is 2.42. The van der Waals surface area contributed by atoms with Crippen LogP contribution < -0.4 is 5.32 Å². The molecule has 1 atom stereocenters. The van der Waals surface area contributed by atoms with Crippen LogP contribution in [-0.4, -0.2) is 23.1 Å². The molecule has 1 aliphatic heterocycles. The number of hydrogen-bond donors (Lipinski definition) is 1. The molecule has 3 heterocycles. The Kier molecular flexibility index (Phi) is 3.67. The van der Waals surface area contributed by atoms with E-state index >= 15 is 0 Å². The van der Waals surface area contributed by atoms with E-state index in [0.29, 0.717) is 0 Å². The number of thiazole rings is 1. The largest absolute Gasteiger partial charge is 0.316 e. The molecular weight excluding hydrogens is 242 g/mol. The summed E-state index contributed by atoms with van der Waals surface area (Å²) < 4.78 is 0. The minimum Gasteiger partial charge on any atom is -0.316 e. The lowest BCUT2D eigenvalue weighted by atomic mass is 9.95. The van der Waals surface area contributed by atoms with Crippen molar-refractivity contribution in [1.29, 1.82) is 0 Å². The lowest BCUT2D eigenvalue weighted by Crippen LogP contribution is -2.30. The van der Waals surface area contributed by atoms with Crippen molar-refractivity contribution >= 4 is 11.3 Å².